The second-order valence-electron chi connectivity index (χ2n) is 6.18. The number of sulfone groups is 1. The van der Waals surface area contributed by atoms with E-state index >= 15 is 0 Å². The van der Waals surface area contributed by atoms with Gasteiger partial charge >= 0.3 is 0 Å². The molecule has 26 heavy (non-hydrogen) atoms. The second-order valence-corrected chi connectivity index (χ2v) is 8.82. The fraction of sp³-hybridized carbons (Fsp3) is 0.333. The Kier molecular flexibility index (Phi) is 5.48. The molecule has 8 heteroatoms. The summed E-state index contributed by atoms with van der Waals surface area (Å²) in [6.45, 7) is 2.64. The van der Waals surface area contributed by atoms with Gasteiger partial charge in [-0.2, -0.15) is 0 Å². The molecular weight excluding hydrogens is 374 g/mol. The Hall–Kier alpha value is -2.12. The monoisotopic (exact) mass is 393 g/mol. The Balaban J connectivity index is 1.72. The summed E-state index contributed by atoms with van der Waals surface area (Å²) in [4.78, 5) is 18.7. The number of anilines is 2. The van der Waals surface area contributed by atoms with Crippen molar-refractivity contribution in [1.29, 1.82) is 0 Å². The number of hydrogen-bond donors (Lipinski definition) is 1. The lowest BCUT2D eigenvalue weighted by molar-refractivity contribution is 0.102. The highest BCUT2D eigenvalue weighted by atomic mass is 35.5. The van der Waals surface area contributed by atoms with Crippen LogP contribution in [0, 0.1) is 0 Å². The maximum Gasteiger partial charge on any atom is 0.257 e. The standard InChI is InChI=1S/C18H20ClN3O3S/c1-2-22(14-9-10-26(24,25)12-14)17-8-7-13(11-20-17)21-18(23)15-5-3-4-6-16(15)19/h3-8,11,14H,2,9-10,12H2,1H3,(H,21,23). The van der Waals surface area contributed by atoms with Gasteiger partial charge in [-0.15, -0.1) is 0 Å². The third-order valence-electron chi connectivity index (χ3n) is 4.41. The number of amides is 1. The topological polar surface area (TPSA) is 79.4 Å². The maximum absolute atomic E-state index is 12.3. The van der Waals surface area contributed by atoms with Crippen molar-refractivity contribution in [1.82, 2.24) is 4.98 Å². The second kappa shape index (κ2) is 7.63. The largest absolute Gasteiger partial charge is 0.353 e. The van der Waals surface area contributed by atoms with Crippen molar-refractivity contribution < 1.29 is 13.2 Å². The highest BCUT2D eigenvalue weighted by Gasteiger charge is 2.32. The first-order valence-corrected chi connectivity index (χ1v) is 10.6. The van der Waals surface area contributed by atoms with Crippen molar-refractivity contribution >= 4 is 38.9 Å². The quantitative estimate of drug-likeness (QED) is 0.844. The molecule has 1 atom stereocenters. The summed E-state index contributed by atoms with van der Waals surface area (Å²) < 4.78 is 23.4. The Bertz CT molecular complexity index is 900. The fourth-order valence-electron chi connectivity index (χ4n) is 3.10. The summed E-state index contributed by atoms with van der Waals surface area (Å²) in [6, 6.07) is 10.3. The molecule has 0 bridgehead atoms. The molecule has 0 aliphatic carbocycles. The van der Waals surface area contributed by atoms with Gasteiger partial charge in [0.25, 0.3) is 5.91 Å². The van der Waals surface area contributed by atoms with Crippen LogP contribution in [0.3, 0.4) is 0 Å². The predicted octanol–water partition coefficient (Wildman–Crippen LogP) is 3.00. The van der Waals surface area contributed by atoms with Crippen LogP contribution >= 0.6 is 11.6 Å². The third kappa shape index (κ3) is 4.16. The molecule has 1 aliphatic heterocycles. The smallest absolute Gasteiger partial charge is 0.257 e. The lowest BCUT2D eigenvalue weighted by Gasteiger charge is -2.28. The highest BCUT2D eigenvalue weighted by molar-refractivity contribution is 7.91. The molecule has 0 radical (unpaired) electrons. The van der Waals surface area contributed by atoms with Gasteiger partial charge in [-0.3, -0.25) is 4.79 Å². The molecule has 1 saturated heterocycles. The van der Waals surface area contributed by atoms with Crippen LogP contribution in [0.2, 0.25) is 5.02 Å². The fourth-order valence-corrected chi connectivity index (χ4v) is 5.05. The van der Waals surface area contributed by atoms with Gasteiger partial charge in [-0.1, -0.05) is 23.7 Å². The summed E-state index contributed by atoms with van der Waals surface area (Å²) in [7, 11) is -2.96. The molecule has 0 saturated carbocycles. The van der Waals surface area contributed by atoms with Crippen LogP contribution in [0.5, 0.6) is 0 Å². The number of hydrogen-bond acceptors (Lipinski definition) is 5. The Labute approximate surface area is 158 Å². The van der Waals surface area contributed by atoms with E-state index in [2.05, 4.69) is 10.3 Å². The van der Waals surface area contributed by atoms with E-state index in [1.165, 1.54) is 0 Å². The van der Waals surface area contributed by atoms with E-state index in [0.29, 0.717) is 35.1 Å². The maximum atomic E-state index is 12.3. The lowest BCUT2D eigenvalue weighted by Crippen LogP contribution is -2.36. The van der Waals surface area contributed by atoms with Crippen LogP contribution in [-0.4, -0.2) is 43.4 Å². The summed E-state index contributed by atoms with van der Waals surface area (Å²) in [5, 5.41) is 3.15. The zero-order valence-corrected chi connectivity index (χ0v) is 15.9. The number of carbonyl (C=O) groups is 1. The van der Waals surface area contributed by atoms with Gasteiger partial charge in [0, 0.05) is 12.6 Å². The summed E-state index contributed by atoms with van der Waals surface area (Å²) in [5.41, 5.74) is 0.943. The molecule has 3 rings (SSSR count). The van der Waals surface area contributed by atoms with Crippen molar-refractivity contribution in [3.63, 3.8) is 0 Å². The number of pyridine rings is 1. The molecule has 1 aromatic carbocycles. The third-order valence-corrected chi connectivity index (χ3v) is 6.49. The van der Waals surface area contributed by atoms with Gasteiger partial charge in [-0.05, 0) is 37.6 Å². The van der Waals surface area contributed by atoms with Gasteiger partial charge < -0.3 is 10.2 Å². The van der Waals surface area contributed by atoms with E-state index in [1.807, 2.05) is 11.8 Å². The summed E-state index contributed by atoms with van der Waals surface area (Å²) >= 11 is 6.03. The van der Waals surface area contributed by atoms with Crippen LogP contribution in [0.4, 0.5) is 11.5 Å². The summed E-state index contributed by atoms with van der Waals surface area (Å²) in [6.07, 6.45) is 2.18. The minimum atomic E-state index is -2.96. The Morgan fingerprint density at radius 2 is 2.08 bits per heavy atom. The molecule has 1 fully saturated rings. The van der Waals surface area contributed by atoms with Crippen molar-refractivity contribution in [2.24, 2.45) is 0 Å². The predicted molar refractivity (Wildman–Crippen MR) is 104 cm³/mol. The summed E-state index contributed by atoms with van der Waals surface area (Å²) in [5.74, 6) is 0.776. The first-order valence-electron chi connectivity index (χ1n) is 8.38. The van der Waals surface area contributed by atoms with E-state index in [-0.39, 0.29) is 23.5 Å². The first-order chi connectivity index (χ1) is 12.4. The highest BCUT2D eigenvalue weighted by Crippen LogP contribution is 2.24. The van der Waals surface area contributed by atoms with Crippen LogP contribution in [0.1, 0.15) is 23.7 Å². The average Bonchev–Trinajstić information content (AvgIpc) is 2.97. The molecule has 2 heterocycles. The van der Waals surface area contributed by atoms with Gasteiger partial charge in [0.2, 0.25) is 0 Å². The van der Waals surface area contributed by atoms with Crippen LogP contribution in [0.15, 0.2) is 42.6 Å². The van der Waals surface area contributed by atoms with E-state index in [4.69, 9.17) is 11.6 Å². The van der Waals surface area contributed by atoms with Crippen molar-refractivity contribution in [2.45, 2.75) is 19.4 Å². The number of rotatable bonds is 5. The van der Waals surface area contributed by atoms with Crippen LogP contribution in [-0.2, 0) is 9.84 Å². The van der Waals surface area contributed by atoms with E-state index < -0.39 is 9.84 Å². The van der Waals surface area contributed by atoms with Gasteiger partial charge in [-0.25, -0.2) is 13.4 Å². The van der Waals surface area contributed by atoms with Gasteiger partial charge in [0.1, 0.15) is 5.82 Å². The van der Waals surface area contributed by atoms with E-state index in [0.717, 1.165) is 0 Å². The Morgan fingerprint density at radius 1 is 1.31 bits per heavy atom. The number of benzene rings is 1. The van der Waals surface area contributed by atoms with E-state index in [9.17, 15) is 13.2 Å². The molecule has 1 aromatic heterocycles. The Morgan fingerprint density at radius 3 is 2.65 bits per heavy atom. The van der Waals surface area contributed by atoms with Crippen molar-refractivity contribution in [3.8, 4) is 0 Å². The molecule has 0 spiro atoms. The number of nitrogens with one attached hydrogen (secondary N) is 1. The molecule has 6 nitrogen and oxygen atoms in total. The SMILES string of the molecule is CCN(c1ccc(NC(=O)c2ccccc2Cl)cn1)C1CCS(=O)(=O)C1. The zero-order chi connectivity index (χ0) is 18.7. The van der Waals surface area contributed by atoms with Crippen LogP contribution in [0.25, 0.3) is 0 Å². The number of nitrogens with zero attached hydrogens (tertiary/aromatic N) is 2. The molecule has 1 N–H and O–H groups in total. The van der Waals surface area contributed by atoms with Crippen LogP contribution < -0.4 is 10.2 Å². The molecule has 2 aromatic rings. The first kappa shape index (κ1) is 18.7. The normalized spacial score (nSPS) is 18.5. The van der Waals surface area contributed by atoms with Gasteiger partial charge in [0.15, 0.2) is 9.84 Å². The zero-order valence-electron chi connectivity index (χ0n) is 14.4. The average molecular weight is 394 g/mol. The minimum absolute atomic E-state index is 0.0546. The van der Waals surface area contributed by atoms with Gasteiger partial charge in [0.05, 0.1) is 34.0 Å². The lowest BCUT2D eigenvalue weighted by atomic mass is 10.2. The molecule has 1 unspecified atom stereocenters. The van der Waals surface area contributed by atoms with Crippen molar-refractivity contribution in [3.05, 3.63) is 53.2 Å². The van der Waals surface area contributed by atoms with E-state index in [1.54, 1.807) is 42.6 Å². The van der Waals surface area contributed by atoms with Crippen molar-refractivity contribution in [2.75, 3.05) is 28.3 Å². The number of carbonyl (C=O) groups excluding carboxylic acids is 1. The number of aromatic nitrogens is 1. The molecule has 1 aliphatic rings. The number of halogens is 1. The minimum Gasteiger partial charge on any atom is -0.353 e. The molecular formula is C18H20ClN3O3S. The molecule has 1 amide bonds. The molecule has 138 valence electrons.